The van der Waals surface area contributed by atoms with Gasteiger partial charge >= 0.3 is 0 Å². The van der Waals surface area contributed by atoms with Gasteiger partial charge in [-0.05, 0) is 62.2 Å². The van der Waals surface area contributed by atoms with Gasteiger partial charge < -0.3 is 19.9 Å². The molecule has 0 aromatic rings. The highest BCUT2D eigenvalue weighted by molar-refractivity contribution is 5.09. The maximum absolute atomic E-state index is 10.0. The lowest BCUT2D eigenvalue weighted by atomic mass is 9.61. The Morgan fingerprint density at radius 2 is 1.79 bits per heavy atom. The Kier molecular flexibility index (Phi) is 5.40. The van der Waals surface area contributed by atoms with Crippen molar-refractivity contribution < 1.29 is 14.2 Å². The number of rotatable bonds is 2. The van der Waals surface area contributed by atoms with Crippen LogP contribution in [0, 0.1) is 40.9 Å². The molecule has 2 saturated carbocycles. The fraction of sp³-hybridized carbons (Fsp3) is 0.955. The maximum atomic E-state index is 10.0. The van der Waals surface area contributed by atoms with E-state index in [0.29, 0.717) is 42.6 Å². The summed E-state index contributed by atoms with van der Waals surface area (Å²) >= 11 is 0. The van der Waals surface area contributed by atoms with Gasteiger partial charge in [-0.15, -0.1) is 0 Å². The number of nitrogens with two attached hydrogens (primary N) is 1. The summed E-state index contributed by atoms with van der Waals surface area (Å²) in [5.41, 5.74) is 6.76. The zero-order valence-electron chi connectivity index (χ0n) is 17.0. The Morgan fingerprint density at radius 3 is 2.57 bits per heavy atom. The molecule has 3 heterocycles. The molecule has 0 aromatic heterocycles. The lowest BCUT2D eigenvalue weighted by molar-refractivity contribution is -0.110. The van der Waals surface area contributed by atoms with Crippen molar-refractivity contribution in [1.82, 2.24) is 4.90 Å². The van der Waals surface area contributed by atoms with Crippen molar-refractivity contribution in [1.29, 1.82) is 5.26 Å². The first-order chi connectivity index (χ1) is 13.7. The van der Waals surface area contributed by atoms with Gasteiger partial charge in [-0.2, -0.15) is 5.26 Å². The van der Waals surface area contributed by atoms with Crippen LogP contribution in [0.5, 0.6) is 0 Å². The highest BCUT2D eigenvalue weighted by atomic mass is 16.7. The molecule has 3 saturated heterocycles. The van der Waals surface area contributed by atoms with E-state index in [4.69, 9.17) is 19.9 Å². The molecule has 0 aromatic carbocycles. The molecule has 6 nitrogen and oxygen atoms in total. The second-order valence-electron chi connectivity index (χ2n) is 9.78. The smallest absolute Gasteiger partial charge is 0.147 e. The van der Waals surface area contributed by atoms with Crippen LogP contribution in [-0.2, 0) is 14.2 Å². The molecule has 5 aliphatic rings. The second kappa shape index (κ2) is 7.85. The monoisotopic (exact) mass is 389 g/mol. The average molecular weight is 390 g/mol. The molecule has 5 fully saturated rings. The van der Waals surface area contributed by atoms with E-state index in [1.54, 1.807) is 0 Å². The Bertz CT molecular complexity index is 610. The summed E-state index contributed by atoms with van der Waals surface area (Å²) in [7, 11) is 1.84. The van der Waals surface area contributed by atoms with Gasteiger partial charge in [0, 0.05) is 19.7 Å². The van der Waals surface area contributed by atoms with Crippen LogP contribution in [0.25, 0.3) is 0 Å². The van der Waals surface area contributed by atoms with E-state index >= 15 is 0 Å². The summed E-state index contributed by atoms with van der Waals surface area (Å²) < 4.78 is 17.6. The zero-order chi connectivity index (χ0) is 19.3. The number of hydrogen-bond donors (Lipinski definition) is 1. The minimum atomic E-state index is -0.146. The summed E-state index contributed by atoms with van der Waals surface area (Å²) in [5, 5.41) is 10.0. The number of nitrogens with zero attached hydrogens (tertiary/aromatic N) is 2. The fourth-order valence-corrected chi connectivity index (χ4v) is 7.42. The van der Waals surface area contributed by atoms with Gasteiger partial charge in [0.25, 0.3) is 0 Å². The number of methoxy groups -OCH3 is 1. The minimum absolute atomic E-state index is 0.0871. The number of nitriles is 1. The number of hydrogen-bond acceptors (Lipinski definition) is 6. The van der Waals surface area contributed by atoms with Crippen LogP contribution in [0.15, 0.2) is 0 Å². The van der Waals surface area contributed by atoms with Gasteiger partial charge in [0.1, 0.15) is 6.79 Å². The molecule has 0 radical (unpaired) electrons. The van der Waals surface area contributed by atoms with Crippen molar-refractivity contribution in [3.8, 4) is 6.07 Å². The molecule has 0 amide bonds. The normalized spacial score (nSPS) is 51.6. The van der Waals surface area contributed by atoms with E-state index in [9.17, 15) is 5.26 Å². The minimum Gasteiger partial charge on any atom is -0.381 e. The van der Waals surface area contributed by atoms with Crippen molar-refractivity contribution in [2.24, 2.45) is 35.3 Å². The third kappa shape index (κ3) is 3.11. The third-order valence-electron chi connectivity index (χ3n) is 8.78. The first-order valence-electron chi connectivity index (χ1n) is 11.4. The highest BCUT2D eigenvalue weighted by Gasteiger charge is 2.54. The molecule has 5 rings (SSSR count). The van der Waals surface area contributed by atoms with Crippen LogP contribution >= 0.6 is 0 Å². The summed E-state index contributed by atoms with van der Waals surface area (Å²) in [6, 6.07) is 3.10. The van der Waals surface area contributed by atoms with Crippen molar-refractivity contribution in [3.63, 3.8) is 0 Å². The van der Waals surface area contributed by atoms with Crippen molar-refractivity contribution >= 4 is 0 Å². The molecular formula is C22H35N3O3. The van der Waals surface area contributed by atoms with Crippen molar-refractivity contribution in [3.05, 3.63) is 0 Å². The maximum Gasteiger partial charge on any atom is 0.147 e. The summed E-state index contributed by atoms with van der Waals surface area (Å²) in [5.74, 6) is 2.06. The molecule has 0 spiro atoms. The van der Waals surface area contributed by atoms with Gasteiger partial charge in [-0.25, -0.2) is 0 Å². The summed E-state index contributed by atoms with van der Waals surface area (Å²) in [6.07, 6.45) is 9.98. The molecule has 28 heavy (non-hydrogen) atoms. The Morgan fingerprint density at radius 1 is 1.00 bits per heavy atom. The molecule has 0 bridgehead atoms. The van der Waals surface area contributed by atoms with Gasteiger partial charge in [0.15, 0.2) is 0 Å². The molecule has 2 N–H and O–H groups in total. The van der Waals surface area contributed by atoms with Crippen LogP contribution < -0.4 is 5.73 Å². The first-order valence-corrected chi connectivity index (χ1v) is 11.4. The van der Waals surface area contributed by atoms with Crippen LogP contribution in [0.4, 0.5) is 0 Å². The number of piperidine rings is 2. The Labute approximate surface area is 168 Å². The molecule has 6 heteroatoms. The van der Waals surface area contributed by atoms with Gasteiger partial charge in [-0.1, -0.05) is 12.8 Å². The van der Waals surface area contributed by atoms with Gasteiger partial charge in [0.05, 0.1) is 36.5 Å². The molecule has 10 atom stereocenters. The Hall–Kier alpha value is -0.710. The molecule has 3 aliphatic heterocycles. The van der Waals surface area contributed by atoms with Gasteiger partial charge in [-0.3, -0.25) is 4.90 Å². The zero-order valence-corrected chi connectivity index (χ0v) is 17.0. The van der Waals surface area contributed by atoms with Crippen LogP contribution in [0.1, 0.15) is 51.4 Å². The van der Waals surface area contributed by atoms with Crippen molar-refractivity contribution in [2.45, 2.75) is 81.9 Å². The number of ether oxygens (including phenoxy) is 3. The van der Waals surface area contributed by atoms with E-state index in [0.717, 1.165) is 32.2 Å². The third-order valence-corrected chi connectivity index (χ3v) is 8.78. The lowest BCUT2D eigenvalue weighted by Gasteiger charge is -2.57. The predicted molar refractivity (Wildman–Crippen MR) is 104 cm³/mol. The van der Waals surface area contributed by atoms with E-state index in [-0.39, 0.29) is 24.3 Å². The van der Waals surface area contributed by atoms with Crippen LogP contribution in [0.2, 0.25) is 0 Å². The highest BCUT2D eigenvalue weighted by Crippen LogP contribution is 2.50. The average Bonchev–Trinajstić information content (AvgIpc) is 3.19. The SMILES string of the molecule is COC1CCCCC1C1CC2C3CC4OCOC4CC3CCN2C(N)C1C#N. The van der Waals surface area contributed by atoms with Crippen LogP contribution in [0.3, 0.4) is 0 Å². The predicted octanol–water partition coefficient (Wildman–Crippen LogP) is 2.48. The van der Waals surface area contributed by atoms with E-state index in [2.05, 4.69) is 11.0 Å². The van der Waals surface area contributed by atoms with Crippen LogP contribution in [-0.4, -0.2) is 55.9 Å². The molecular weight excluding hydrogens is 354 g/mol. The first kappa shape index (κ1) is 19.3. The molecule has 2 aliphatic carbocycles. The topological polar surface area (TPSA) is 80.7 Å². The van der Waals surface area contributed by atoms with E-state index in [1.807, 2.05) is 7.11 Å². The van der Waals surface area contributed by atoms with Crippen molar-refractivity contribution in [2.75, 3.05) is 20.4 Å². The molecule has 156 valence electrons. The summed E-state index contributed by atoms with van der Waals surface area (Å²) in [6.45, 7) is 1.48. The Balaban J connectivity index is 1.40. The molecule has 10 unspecified atom stereocenters. The summed E-state index contributed by atoms with van der Waals surface area (Å²) in [4.78, 5) is 2.48. The standard InChI is InChI=1S/C22H35N3O3/c1-26-19-5-3-2-4-14(19)16-9-18-15-10-21-20(27-12-28-21)8-13(15)6-7-25(18)22(24)17(16)11-23/h13-22H,2-10,12,24H2,1H3. The largest absolute Gasteiger partial charge is 0.381 e. The quantitative estimate of drug-likeness (QED) is 0.781. The second-order valence-corrected chi connectivity index (χ2v) is 9.78. The van der Waals surface area contributed by atoms with E-state index < -0.39 is 0 Å². The lowest BCUT2D eigenvalue weighted by Crippen LogP contribution is -2.66. The fourth-order valence-electron chi connectivity index (χ4n) is 7.42. The number of fused-ring (bicyclic) bond motifs is 4. The van der Waals surface area contributed by atoms with E-state index in [1.165, 1.54) is 25.7 Å². The van der Waals surface area contributed by atoms with Gasteiger partial charge in [0.2, 0.25) is 0 Å².